The van der Waals surface area contributed by atoms with E-state index < -0.39 is 42.5 Å². The highest BCUT2D eigenvalue weighted by Crippen LogP contribution is 2.27. The van der Waals surface area contributed by atoms with E-state index in [-0.39, 0.29) is 18.1 Å². The quantitative estimate of drug-likeness (QED) is 0.352. The zero-order valence-electron chi connectivity index (χ0n) is 18.4. The molecule has 0 aliphatic carbocycles. The van der Waals surface area contributed by atoms with E-state index in [1.165, 1.54) is 26.8 Å². The highest BCUT2D eigenvalue weighted by atomic mass is 16.7. The van der Waals surface area contributed by atoms with Gasteiger partial charge in [-0.2, -0.15) is 0 Å². The Hall–Kier alpha value is -3.72. The van der Waals surface area contributed by atoms with Crippen molar-refractivity contribution in [2.24, 2.45) is 0 Å². The van der Waals surface area contributed by atoms with Gasteiger partial charge in [0.05, 0.1) is 6.61 Å². The lowest BCUT2D eigenvalue weighted by Gasteiger charge is -2.40. The largest absolute Gasteiger partial charge is 0.461 e. The molecule has 1 aliphatic heterocycles. The van der Waals surface area contributed by atoms with Crippen molar-refractivity contribution < 1.29 is 42.9 Å². The summed E-state index contributed by atoms with van der Waals surface area (Å²) in [5, 5.41) is 0. The van der Waals surface area contributed by atoms with Crippen LogP contribution in [0.2, 0.25) is 0 Å². The van der Waals surface area contributed by atoms with E-state index >= 15 is 0 Å². The molecule has 2 aromatic rings. The van der Waals surface area contributed by atoms with Gasteiger partial charge in [-0.1, -0.05) is 42.5 Å². The zero-order chi connectivity index (χ0) is 24.0. The number of carbonyl (C=O) groups excluding carboxylic acids is 4. The zero-order valence-corrected chi connectivity index (χ0v) is 18.4. The lowest BCUT2D eigenvalue weighted by atomic mass is 10.0. The Balaban J connectivity index is 1.85. The summed E-state index contributed by atoms with van der Waals surface area (Å²) in [4.78, 5) is 47.6. The Morgan fingerprint density at radius 3 is 2.00 bits per heavy atom. The normalized spacial score (nSPS) is 22.0. The Labute approximate surface area is 190 Å². The fourth-order valence-electron chi connectivity index (χ4n) is 3.41. The maximum atomic E-state index is 12.8. The molecule has 0 amide bonds. The molecule has 9 nitrogen and oxygen atoms in total. The van der Waals surface area contributed by atoms with E-state index in [1.54, 1.807) is 42.5 Å². The molecular formula is C24H24O9. The molecule has 2 aromatic carbocycles. The minimum Gasteiger partial charge on any atom is -0.461 e. The molecule has 0 bridgehead atoms. The van der Waals surface area contributed by atoms with Gasteiger partial charge in [0.25, 0.3) is 0 Å². The van der Waals surface area contributed by atoms with Crippen molar-refractivity contribution >= 4 is 23.7 Å². The van der Waals surface area contributed by atoms with Crippen molar-refractivity contribution in [3.8, 4) is 5.75 Å². The number of ether oxygens (including phenoxy) is 5. The number of rotatable bonds is 7. The summed E-state index contributed by atoms with van der Waals surface area (Å²) in [6, 6.07) is 15.2. The van der Waals surface area contributed by atoms with E-state index in [2.05, 4.69) is 0 Å². The molecule has 4 atom stereocenters. The lowest BCUT2D eigenvalue weighted by molar-refractivity contribution is -0.259. The average molecular weight is 456 g/mol. The first kappa shape index (κ1) is 23.9. The molecule has 174 valence electrons. The molecular weight excluding hydrogens is 432 g/mol. The third-order valence-electron chi connectivity index (χ3n) is 4.69. The maximum Gasteiger partial charge on any atom is 0.303 e. The van der Waals surface area contributed by atoms with Crippen LogP contribution in [0.5, 0.6) is 5.75 Å². The van der Waals surface area contributed by atoms with Gasteiger partial charge in [0.15, 0.2) is 18.0 Å². The summed E-state index contributed by atoms with van der Waals surface area (Å²) in [7, 11) is 0. The molecule has 1 saturated heterocycles. The van der Waals surface area contributed by atoms with Crippen LogP contribution in [0, 0.1) is 0 Å². The van der Waals surface area contributed by atoms with Crippen molar-refractivity contribution in [2.75, 3.05) is 6.61 Å². The Morgan fingerprint density at radius 2 is 1.36 bits per heavy atom. The predicted molar refractivity (Wildman–Crippen MR) is 113 cm³/mol. The monoisotopic (exact) mass is 456 g/mol. The van der Waals surface area contributed by atoms with Crippen LogP contribution in [0.15, 0.2) is 54.6 Å². The first-order valence-electron chi connectivity index (χ1n) is 10.2. The number of benzene rings is 2. The fourth-order valence-corrected chi connectivity index (χ4v) is 3.41. The summed E-state index contributed by atoms with van der Waals surface area (Å²) < 4.78 is 27.3. The van der Waals surface area contributed by atoms with Crippen molar-refractivity contribution in [3.63, 3.8) is 0 Å². The molecule has 0 aromatic heterocycles. The van der Waals surface area contributed by atoms with Gasteiger partial charge < -0.3 is 23.7 Å². The number of esters is 3. The molecule has 1 aliphatic rings. The maximum absolute atomic E-state index is 12.8. The number of hydrogen-bond acceptors (Lipinski definition) is 9. The fraction of sp³-hybridized carbons (Fsp3) is 0.333. The van der Waals surface area contributed by atoms with E-state index in [0.29, 0.717) is 11.1 Å². The summed E-state index contributed by atoms with van der Waals surface area (Å²) >= 11 is 0. The summed E-state index contributed by atoms with van der Waals surface area (Å²) in [6.07, 6.45) is -4.56. The molecule has 0 saturated carbocycles. The minimum atomic E-state index is -1.22. The van der Waals surface area contributed by atoms with Crippen molar-refractivity contribution in [2.45, 2.75) is 45.4 Å². The summed E-state index contributed by atoms with van der Waals surface area (Å²) in [6.45, 7) is 3.39. The van der Waals surface area contributed by atoms with E-state index in [0.717, 1.165) is 0 Å². The molecule has 1 fully saturated rings. The molecule has 3 rings (SSSR count). The average Bonchev–Trinajstić information content (AvgIpc) is 2.77. The first-order chi connectivity index (χ1) is 15.7. The second kappa shape index (κ2) is 10.7. The molecule has 9 heteroatoms. The van der Waals surface area contributed by atoms with E-state index in [1.807, 2.05) is 6.07 Å². The van der Waals surface area contributed by atoms with Crippen LogP contribution in [0.1, 0.15) is 36.7 Å². The van der Waals surface area contributed by atoms with Gasteiger partial charge in [-0.15, -0.1) is 0 Å². The molecule has 0 spiro atoms. The standard InChI is InChI=1S/C24H24O9/c1-14(25)30-20-13-29-24(23(32-16(3)27)22(20)31-15(2)26)33-19-11-7-10-18(12-19)21(28)17-8-5-4-6-9-17/h4-12,20,22-24H,13H2,1-3H3/t20-,22+,23-,24+/m1/s1. The molecule has 0 N–H and O–H groups in total. The SMILES string of the molecule is CC(=O)O[C@@H]1[C@@H](OC(C)=O)[C@H](Oc2cccc(C(=O)c3ccccc3)c2)OC[C@H]1OC(C)=O. The van der Waals surface area contributed by atoms with Crippen LogP contribution in [-0.2, 0) is 33.3 Å². The lowest BCUT2D eigenvalue weighted by Crippen LogP contribution is -2.59. The van der Waals surface area contributed by atoms with Crippen molar-refractivity contribution in [3.05, 3.63) is 65.7 Å². The van der Waals surface area contributed by atoms with Crippen LogP contribution in [0.25, 0.3) is 0 Å². The van der Waals surface area contributed by atoms with E-state index in [4.69, 9.17) is 23.7 Å². The van der Waals surface area contributed by atoms with Gasteiger partial charge in [0.1, 0.15) is 5.75 Å². The second-order valence-electron chi connectivity index (χ2n) is 7.34. The molecule has 33 heavy (non-hydrogen) atoms. The Morgan fingerprint density at radius 1 is 0.758 bits per heavy atom. The van der Waals surface area contributed by atoms with Crippen LogP contribution in [-0.4, -0.2) is 54.9 Å². The minimum absolute atomic E-state index is 0.164. The molecule has 0 unspecified atom stereocenters. The predicted octanol–water partition coefficient (Wildman–Crippen LogP) is 2.45. The first-order valence-corrected chi connectivity index (χ1v) is 10.2. The number of hydrogen-bond donors (Lipinski definition) is 0. The highest BCUT2D eigenvalue weighted by molar-refractivity contribution is 6.09. The van der Waals surface area contributed by atoms with Crippen LogP contribution in [0.4, 0.5) is 0 Å². The van der Waals surface area contributed by atoms with Crippen LogP contribution in [0.3, 0.4) is 0 Å². The summed E-state index contributed by atoms with van der Waals surface area (Å²) in [5.74, 6) is -1.88. The van der Waals surface area contributed by atoms with Gasteiger partial charge in [0, 0.05) is 31.9 Å². The third kappa shape index (κ3) is 6.39. The van der Waals surface area contributed by atoms with Crippen molar-refractivity contribution in [1.29, 1.82) is 0 Å². The van der Waals surface area contributed by atoms with Gasteiger partial charge >= 0.3 is 17.9 Å². The van der Waals surface area contributed by atoms with Gasteiger partial charge in [0.2, 0.25) is 12.4 Å². The second-order valence-corrected chi connectivity index (χ2v) is 7.34. The Kier molecular flexibility index (Phi) is 7.78. The van der Waals surface area contributed by atoms with Crippen LogP contribution >= 0.6 is 0 Å². The summed E-state index contributed by atoms with van der Waals surface area (Å²) in [5.41, 5.74) is 0.897. The molecule has 1 heterocycles. The molecule has 0 radical (unpaired) electrons. The smallest absolute Gasteiger partial charge is 0.303 e. The van der Waals surface area contributed by atoms with Crippen molar-refractivity contribution in [1.82, 2.24) is 0 Å². The van der Waals surface area contributed by atoms with Gasteiger partial charge in [-0.3, -0.25) is 19.2 Å². The number of ketones is 1. The number of carbonyl (C=O) groups is 4. The Bertz CT molecular complexity index is 1020. The topological polar surface area (TPSA) is 114 Å². The van der Waals surface area contributed by atoms with Gasteiger partial charge in [-0.25, -0.2) is 0 Å². The third-order valence-corrected chi connectivity index (χ3v) is 4.69. The van der Waals surface area contributed by atoms with E-state index in [9.17, 15) is 19.2 Å². The van der Waals surface area contributed by atoms with Crippen LogP contribution < -0.4 is 4.74 Å². The van der Waals surface area contributed by atoms with Gasteiger partial charge in [-0.05, 0) is 12.1 Å². The highest BCUT2D eigenvalue weighted by Gasteiger charge is 2.48.